The fraction of sp³-hybridized carbons (Fsp3) is 0.545. The van der Waals surface area contributed by atoms with Crippen LogP contribution in [0.5, 0.6) is 0 Å². The molecule has 0 radical (unpaired) electrons. The Labute approximate surface area is 84.5 Å². The second kappa shape index (κ2) is 4.31. The molecule has 1 amide bonds. The van der Waals surface area contributed by atoms with E-state index < -0.39 is 6.09 Å². The van der Waals surface area contributed by atoms with E-state index in [1.807, 2.05) is 13.8 Å². The largest absolute Gasteiger partial charge is 0.465 e. The van der Waals surface area contributed by atoms with Crippen molar-refractivity contribution in [2.24, 2.45) is 5.92 Å². The maximum absolute atomic E-state index is 10.5. The molecule has 1 atom stereocenters. The number of hydrogen-bond donors (Lipinski definition) is 2. The first-order valence-electron chi connectivity index (χ1n) is 4.84. The van der Waals surface area contributed by atoms with E-state index in [0.29, 0.717) is 5.92 Å². The van der Waals surface area contributed by atoms with Crippen LogP contribution in [-0.2, 0) is 0 Å². The molecule has 0 saturated heterocycles. The number of carboxylic acid groups (broad SMARTS) is 1. The van der Waals surface area contributed by atoms with Gasteiger partial charge in [-0.05, 0) is 39.0 Å². The molecule has 0 aromatic carbocycles. The lowest BCUT2D eigenvalue weighted by atomic mass is 9.84. The van der Waals surface area contributed by atoms with E-state index >= 15 is 0 Å². The molecule has 0 fully saturated rings. The van der Waals surface area contributed by atoms with Gasteiger partial charge in [0, 0.05) is 5.70 Å². The SMILES string of the molecule is C=C(C)[C@@H]1CCC(C)=C(NC(=O)O)C1. The Morgan fingerprint density at radius 1 is 1.64 bits per heavy atom. The zero-order valence-electron chi connectivity index (χ0n) is 8.76. The van der Waals surface area contributed by atoms with Gasteiger partial charge in [-0.3, -0.25) is 5.32 Å². The fourth-order valence-corrected chi connectivity index (χ4v) is 1.77. The van der Waals surface area contributed by atoms with Crippen LogP contribution < -0.4 is 5.32 Å². The van der Waals surface area contributed by atoms with E-state index in [4.69, 9.17) is 5.11 Å². The van der Waals surface area contributed by atoms with Gasteiger partial charge in [0.25, 0.3) is 0 Å². The highest BCUT2D eigenvalue weighted by atomic mass is 16.4. The third kappa shape index (κ3) is 2.62. The monoisotopic (exact) mass is 195 g/mol. The van der Waals surface area contributed by atoms with Crippen molar-refractivity contribution in [2.45, 2.75) is 33.1 Å². The number of nitrogens with one attached hydrogen (secondary N) is 1. The van der Waals surface area contributed by atoms with Crippen LogP contribution in [-0.4, -0.2) is 11.2 Å². The van der Waals surface area contributed by atoms with Crippen LogP contribution in [0.2, 0.25) is 0 Å². The summed E-state index contributed by atoms with van der Waals surface area (Å²) in [4.78, 5) is 10.5. The van der Waals surface area contributed by atoms with Crippen LogP contribution in [0.4, 0.5) is 4.79 Å². The summed E-state index contributed by atoms with van der Waals surface area (Å²) in [6.45, 7) is 7.91. The lowest BCUT2D eigenvalue weighted by molar-refractivity contribution is 0.196. The van der Waals surface area contributed by atoms with Gasteiger partial charge in [0.2, 0.25) is 0 Å². The zero-order valence-corrected chi connectivity index (χ0v) is 8.76. The van der Waals surface area contributed by atoms with Crippen LogP contribution in [0.1, 0.15) is 33.1 Å². The Morgan fingerprint density at radius 3 is 2.79 bits per heavy atom. The van der Waals surface area contributed by atoms with Gasteiger partial charge < -0.3 is 5.11 Å². The number of amides is 1. The molecule has 0 unspecified atom stereocenters. The second-order valence-corrected chi connectivity index (χ2v) is 3.98. The first-order valence-corrected chi connectivity index (χ1v) is 4.84. The van der Waals surface area contributed by atoms with Crippen molar-refractivity contribution < 1.29 is 9.90 Å². The first-order chi connectivity index (χ1) is 6.50. The summed E-state index contributed by atoms with van der Waals surface area (Å²) < 4.78 is 0. The summed E-state index contributed by atoms with van der Waals surface area (Å²) in [7, 11) is 0. The predicted octanol–water partition coefficient (Wildman–Crippen LogP) is 2.90. The smallest absolute Gasteiger partial charge is 0.408 e. The quantitative estimate of drug-likeness (QED) is 0.665. The molecule has 78 valence electrons. The lowest BCUT2D eigenvalue weighted by Crippen LogP contribution is -2.25. The van der Waals surface area contributed by atoms with Crippen molar-refractivity contribution in [3.63, 3.8) is 0 Å². The minimum Gasteiger partial charge on any atom is -0.465 e. The van der Waals surface area contributed by atoms with Crippen LogP contribution in [0, 0.1) is 5.92 Å². The van der Waals surface area contributed by atoms with Gasteiger partial charge in [0.1, 0.15) is 0 Å². The number of carbonyl (C=O) groups is 1. The van der Waals surface area contributed by atoms with Crippen molar-refractivity contribution >= 4 is 6.09 Å². The molecule has 1 rings (SSSR count). The van der Waals surface area contributed by atoms with E-state index in [1.54, 1.807) is 0 Å². The summed E-state index contributed by atoms with van der Waals surface area (Å²) in [5.74, 6) is 0.431. The number of rotatable bonds is 2. The van der Waals surface area contributed by atoms with Crippen LogP contribution in [0.25, 0.3) is 0 Å². The normalized spacial score (nSPS) is 22.0. The Balaban J connectivity index is 2.71. The summed E-state index contributed by atoms with van der Waals surface area (Å²) >= 11 is 0. The predicted molar refractivity (Wildman–Crippen MR) is 56.0 cm³/mol. The van der Waals surface area contributed by atoms with E-state index in [-0.39, 0.29) is 0 Å². The van der Waals surface area contributed by atoms with Gasteiger partial charge in [0.05, 0.1) is 0 Å². The van der Waals surface area contributed by atoms with Gasteiger partial charge in [-0.2, -0.15) is 0 Å². The molecule has 0 aromatic heterocycles. The molecular weight excluding hydrogens is 178 g/mol. The Kier molecular flexibility index (Phi) is 3.33. The molecule has 0 bridgehead atoms. The minimum atomic E-state index is -0.971. The molecule has 0 spiro atoms. The van der Waals surface area contributed by atoms with Crippen LogP contribution in [0.3, 0.4) is 0 Å². The van der Waals surface area contributed by atoms with Crippen molar-refractivity contribution in [3.8, 4) is 0 Å². The zero-order chi connectivity index (χ0) is 10.7. The average molecular weight is 195 g/mol. The van der Waals surface area contributed by atoms with Crippen molar-refractivity contribution in [3.05, 3.63) is 23.4 Å². The van der Waals surface area contributed by atoms with E-state index in [0.717, 1.165) is 36.1 Å². The standard InChI is InChI=1S/C11H17NO2/c1-7(2)9-5-4-8(3)10(6-9)12-11(13)14/h9,12H,1,4-6H2,2-3H3,(H,13,14)/t9-/m1/s1. The molecule has 3 heteroatoms. The third-order valence-electron chi connectivity index (χ3n) is 2.79. The second-order valence-electron chi connectivity index (χ2n) is 3.98. The first kappa shape index (κ1) is 10.8. The molecule has 0 saturated carbocycles. The Morgan fingerprint density at radius 2 is 2.29 bits per heavy atom. The van der Waals surface area contributed by atoms with Crippen LogP contribution >= 0.6 is 0 Å². The maximum Gasteiger partial charge on any atom is 0.408 e. The van der Waals surface area contributed by atoms with E-state index in [9.17, 15) is 4.79 Å². The molecule has 1 aliphatic carbocycles. The van der Waals surface area contributed by atoms with Gasteiger partial charge in [0.15, 0.2) is 0 Å². The molecule has 0 aliphatic heterocycles. The third-order valence-corrected chi connectivity index (χ3v) is 2.79. The fourth-order valence-electron chi connectivity index (χ4n) is 1.77. The summed E-state index contributed by atoms with van der Waals surface area (Å²) in [6, 6.07) is 0. The molecule has 14 heavy (non-hydrogen) atoms. The van der Waals surface area contributed by atoms with Crippen molar-refractivity contribution in [1.82, 2.24) is 5.32 Å². The van der Waals surface area contributed by atoms with E-state index in [1.165, 1.54) is 0 Å². The Bertz CT molecular complexity index is 292. The van der Waals surface area contributed by atoms with Gasteiger partial charge in [-0.15, -0.1) is 0 Å². The average Bonchev–Trinajstić information content (AvgIpc) is 2.07. The summed E-state index contributed by atoms with van der Waals surface area (Å²) in [5.41, 5.74) is 3.16. The van der Waals surface area contributed by atoms with Crippen molar-refractivity contribution in [2.75, 3.05) is 0 Å². The van der Waals surface area contributed by atoms with Gasteiger partial charge in [-0.25, -0.2) is 4.79 Å². The maximum atomic E-state index is 10.5. The number of allylic oxidation sites excluding steroid dienone is 3. The topological polar surface area (TPSA) is 49.3 Å². The lowest BCUT2D eigenvalue weighted by Gasteiger charge is -2.25. The van der Waals surface area contributed by atoms with Crippen LogP contribution in [0.15, 0.2) is 23.4 Å². The number of hydrogen-bond acceptors (Lipinski definition) is 1. The molecule has 0 heterocycles. The summed E-state index contributed by atoms with van der Waals surface area (Å²) in [6.07, 6.45) is 1.87. The van der Waals surface area contributed by atoms with E-state index in [2.05, 4.69) is 11.9 Å². The molecule has 2 N–H and O–H groups in total. The highest BCUT2D eigenvalue weighted by molar-refractivity contribution is 5.67. The minimum absolute atomic E-state index is 0.431. The van der Waals surface area contributed by atoms with Crippen molar-refractivity contribution in [1.29, 1.82) is 0 Å². The van der Waals surface area contributed by atoms with Gasteiger partial charge >= 0.3 is 6.09 Å². The highest BCUT2D eigenvalue weighted by Gasteiger charge is 2.20. The molecular formula is C11H17NO2. The summed E-state index contributed by atoms with van der Waals surface area (Å²) in [5, 5.41) is 11.1. The molecule has 1 aliphatic rings. The molecule has 3 nitrogen and oxygen atoms in total. The Hall–Kier alpha value is -1.25. The van der Waals surface area contributed by atoms with Gasteiger partial charge in [-0.1, -0.05) is 17.7 Å². The molecule has 0 aromatic rings. The highest BCUT2D eigenvalue weighted by Crippen LogP contribution is 2.31.